The minimum Gasteiger partial charge on any atom is -0.456 e. The third kappa shape index (κ3) is 3.65. The molecule has 200 valence electrons. The third-order valence-electron chi connectivity index (χ3n) is 8.06. The van der Waals surface area contributed by atoms with E-state index in [2.05, 4.69) is 24.3 Å². The average molecular weight is 558 g/mol. The Labute approximate surface area is 264 Å². The molecule has 1 heterocycles. The van der Waals surface area contributed by atoms with Crippen LogP contribution in [-0.2, 0) is 0 Å². The second-order valence-electron chi connectivity index (χ2n) is 10.4. The Kier molecular flexibility index (Phi) is 3.41. The first-order valence-electron chi connectivity index (χ1n) is 19.4. The molecule has 0 aliphatic rings. The molecule has 9 rings (SSSR count). The summed E-state index contributed by atoms with van der Waals surface area (Å²) in [4.78, 5) is 0. The van der Waals surface area contributed by atoms with Crippen molar-refractivity contribution >= 4 is 54.3 Å². The van der Waals surface area contributed by atoms with Gasteiger partial charge >= 0.3 is 0 Å². The maximum absolute atomic E-state index is 9.65. The van der Waals surface area contributed by atoms with E-state index in [0.29, 0.717) is 5.56 Å². The summed E-state index contributed by atoms with van der Waals surface area (Å²) in [6, 6.07) is 23.8. The summed E-state index contributed by atoms with van der Waals surface area (Å²) in [5.41, 5.74) is 1.48. The second-order valence-corrected chi connectivity index (χ2v) is 10.4. The molecule has 1 nitrogen and oxygen atoms in total. The Hall–Kier alpha value is -5.66. The molecule has 1 aromatic heterocycles. The van der Waals surface area contributed by atoms with Crippen molar-refractivity contribution in [3.63, 3.8) is 0 Å². The summed E-state index contributed by atoms with van der Waals surface area (Å²) >= 11 is 0. The van der Waals surface area contributed by atoms with E-state index < -0.39 is 59.9 Å². The summed E-state index contributed by atoms with van der Waals surface area (Å²) in [7, 11) is 0. The lowest BCUT2D eigenvalue weighted by Crippen LogP contribution is -1.91. The van der Waals surface area contributed by atoms with Crippen LogP contribution in [-0.4, -0.2) is 0 Å². The number of hydrogen-bond acceptors (Lipinski definition) is 1. The van der Waals surface area contributed by atoms with Crippen molar-refractivity contribution in [3.05, 3.63) is 157 Å². The van der Waals surface area contributed by atoms with Gasteiger partial charge in [-0.3, -0.25) is 0 Å². The Morgan fingerprint density at radius 2 is 1.07 bits per heavy atom. The minimum atomic E-state index is -0.658. The van der Waals surface area contributed by atoms with Crippen molar-refractivity contribution in [1.29, 1.82) is 0 Å². The van der Waals surface area contributed by atoms with Gasteiger partial charge in [0.25, 0.3) is 0 Å². The molecule has 0 saturated carbocycles. The number of fused-ring (bicyclic) bond motifs is 6. The fourth-order valence-electron chi connectivity index (χ4n) is 6.27. The van der Waals surface area contributed by atoms with Crippen LogP contribution >= 0.6 is 0 Å². The summed E-state index contributed by atoms with van der Waals surface area (Å²) < 4.78 is 103. The molecule has 0 saturated heterocycles. The first kappa shape index (κ1) is 15.5. The zero-order chi connectivity index (χ0) is 37.9. The Morgan fingerprint density at radius 1 is 0.419 bits per heavy atom. The lowest BCUT2D eigenvalue weighted by molar-refractivity contribution is 0.669. The maximum Gasteiger partial charge on any atom is 0.136 e. The van der Waals surface area contributed by atoms with Gasteiger partial charge in [-0.15, -0.1) is 0 Å². The van der Waals surface area contributed by atoms with Gasteiger partial charge in [-0.1, -0.05) is 139 Å². The van der Waals surface area contributed by atoms with Gasteiger partial charge in [-0.2, -0.15) is 0 Å². The van der Waals surface area contributed by atoms with Gasteiger partial charge in [0.1, 0.15) is 11.2 Å². The highest BCUT2D eigenvalue weighted by atomic mass is 16.3. The molecule has 1 heteroatoms. The first-order valence-corrected chi connectivity index (χ1v) is 13.9. The fourth-order valence-corrected chi connectivity index (χ4v) is 6.27. The fraction of sp³-hybridized carbons (Fsp3) is 0. The number of furan rings is 1. The van der Waals surface area contributed by atoms with Gasteiger partial charge in [0.2, 0.25) is 0 Å². The molecule has 0 unspecified atom stereocenters. The highest BCUT2D eigenvalue weighted by molar-refractivity contribution is 6.24. The van der Waals surface area contributed by atoms with Crippen molar-refractivity contribution < 1.29 is 19.5 Å². The number of rotatable bonds is 3. The highest BCUT2D eigenvalue weighted by Gasteiger charge is 2.19. The largest absolute Gasteiger partial charge is 0.456 e. The highest BCUT2D eigenvalue weighted by Crippen LogP contribution is 2.46. The quantitative estimate of drug-likeness (QED) is 0.197. The summed E-state index contributed by atoms with van der Waals surface area (Å²) in [6.07, 6.45) is 0. The summed E-state index contributed by atoms with van der Waals surface area (Å²) in [6.45, 7) is 0. The molecule has 0 amide bonds. The summed E-state index contributed by atoms with van der Waals surface area (Å²) in [5.74, 6) is 0. The van der Waals surface area contributed by atoms with E-state index in [1.807, 2.05) is 66.7 Å². The van der Waals surface area contributed by atoms with Crippen LogP contribution in [0, 0.1) is 0 Å². The molecule has 0 spiro atoms. The Bertz CT molecular complexity index is 3040. The van der Waals surface area contributed by atoms with Crippen molar-refractivity contribution in [3.8, 4) is 33.4 Å². The van der Waals surface area contributed by atoms with Crippen LogP contribution in [0.2, 0.25) is 0 Å². The van der Waals surface area contributed by atoms with Crippen LogP contribution in [0.15, 0.2) is 162 Å². The van der Waals surface area contributed by atoms with E-state index in [1.54, 1.807) is 0 Å². The van der Waals surface area contributed by atoms with E-state index in [-0.39, 0.29) is 45.2 Å². The van der Waals surface area contributed by atoms with Gasteiger partial charge in [0.15, 0.2) is 0 Å². The van der Waals surface area contributed by atoms with Gasteiger partial charge in [-0.25, -0.2) is 0 Å². The van der Waals surface area contributed by atoms with Crippen LogP contribution < -0.4 is 0 Å². The molecule has 0 bridgehead atoms. The van der Waals surface area contributed by atoms with E-state index >= 15 is 0 Å². The molecule has 0 atom stereocenters. The van der Waals surface area contributed by atoms with Gasteiger partial charge in [0.05, 0.1) is 15.1 Å². The van der Waals surface area contributed by atoms with E-state index in [4.69, 9.17) is 15.4 Å². The maximum atomic E-state index is 9.65. The van der Waals surface area contributed by atoms with E-state index in [1.165, 1.54) is 0 Å². The normalized spacial score (nSPS) is 15.3. The zero-order valence-electron chi connectivity index (χ0n) is 33.6. The van der Waals surface area contributed by atoms with Crippen LogP contribution in [0.3, 0.4) is 0 Å². The van der Waals surface area contributed by atoms with Crippen molar-refractivity contribution in [2.45, 2.75) is 0 Å². The molecular formula is C42H26O. The molecule has 9 aromatic rings. The monoisotopic (exact) mass is 557 g/mol. The lowest BCUT2D eigenvalue weighted by Gasteiger charge is -2.18. The SMILES string of the molecule is [2H]c1c([2H])c([2H])c(-c2c([2H])c([2H])c([2H])c3oc4c([2H])c(-c5c6ccccc6c(-c6cccc7ccccc67)c6ccccc56)c([2H])c([2H])c4c23)c([2H])c1[2H]. The minimum absolute atomic E-state index is 0.108. The smallest absolute Gasteiger partial charge is 0.136 e. The molecular weight excluding hydrogens is 520 g/mol. The molecule has 0 N–H and O–H groups in total. The Morgan fingerprint density at radius 3 is 1.81 bits per heavy atom. The van der Waals surface area contributed by atoms with Crippen LogP contribution in [0.4, 0.5) is 0 Å². The van der Waals surface area contributed by atoms with E-state index in [9.17, 15) is 4.11 Å². The van der Waals surface area contributed by atoms with Crippen LogP contribution in [0.25, 0.3) is 87.6 Å². The Balaban J connectivity index is 1.44. The predicted molar refractivity (Wildman–Crippen MR) is 183 cm³/mol. The van der Waals surface area contributed by atoms with Gasteiger partial charge < -0.3 is 4.42 Å². The predicted octanol–water partition coefficient (Wildman–Crippen LogP) is 12.0. The second kappa shape index (κ2) is 9.44. The molecule has 0 fully saturated rings. The van der Waals surface area contributed by atoms with Crippen molar-refractivity contribution in [2.24, 2.45) is 0 Å². The molecule has 8 aromatic carbocycles. The van der Waals surface area contributed by atoms with Crippen molar-refractivity contribution in [1.82, 2.24) is 0 Å². The molecule has 0 aliphatic heterocycles. The van der Waals surface area contributed by atoms with E-state index in [0.717, 1.165) is 43.4 Å². The summed E-state index contributed by atoms with van der Waals surface area (Å²) in [5, 5.41) is 5.10. The third-order valence-corrected chi connectivity index (χ3v) is 8.06. The number of benzene rings is 8. The molecule has 43 heavy (non-hydrogen) atoms. The van der Waals surface area contributed by atoms with Crippen LogP contribution in [0.1, 0.15) is 15.1 Å². The zero-order valence-corrected chi connectivity index (χ0v) is 22.6. The lowest BCUT2D eigenvalue weighted by atomic mass is 9.84. The first-order chi connectivity index (χ1) is 25.9. The van der Waals surface area contributed by atoms with Gasteiger partial charge in [-0.05, 0) is 83.8 Å². The van der Waals surface area contributed by atoms with Crippen molar-refractivity contribution in [2.75, 3.05) is 0 Å². The standard InChI is InChI=1S/C42H26O/c1-2-12-28(13-3-1)31-21-11-23-38-42(31)37-25-24-29(26-39(37)43-38)40-33-17-6-8-19-35(33)41(36-20-9-7-18-34(36)40)32-22-10-15-27-14-4-5-16-30(27)32/h1-26H/i1D,2D,3D,11D,12D,13D,21D,23D,24D,25D,26D. The molecule has 0 aliphatic carbocycles. The topological polar surface area (TPSA) is 13.1 Å². The van der Waals surface area contributed by atoms with Crippen LogP contribution in [0.5, 0.6) is 0 Å². The average Bonchev–Trinajstić information content (AvgIpc) is 3.59. The van der Waals surface area contributed by atoms with Gasteiger partial charge in [0, 0.05) is 10.8 Å². The molecule has 0 radical (unpaired) electrons. The number of hydrogen-bond donors (Lipinski definition) is 0.